The Morgan fingerprint density at radius 1 is 0.663 bits per heavy atom. The van der Waals surface area contributed by atoms with E-state index in [1.54, 1.807) is 19.9 Å². The van der Waals surface area contributed by atoms with Crippen molar-refractivity contribution < 1.29 is 47.8 Å². The fourth-order valence-corrected chi connectivity index (χ4v) is 16.5. The molecular formula is C78H85BF3N6O6Si+. The standard InChI is InChI=1S/C78H84BF3N6O6Si/c1-52(2)73(89)27-18-19-39-86(48-58-41-54(5)28-36-71(58)79(91)92)51-70-64-26-17-16-25-63(64)69(50-87(40-20-38-83-77(90)53(3)4)49-59-42-60(78(80,81)82)30-37-72(59)88(93)94)65-33-29-57(43-68(65)70)76-66-34-31-61(84(6)46-55-21-12-10-13-22-55)44-74(66)95(8,9)75-45-62(32-35-67(75)76)85(7)47-56-23-14-11-15-24-56/h10-17,21-26,28-37,41-45,91-94H,1,3,18-20,27,38-40,46-51H2,2,4-9H3/p+1. The van der Waals surface area contributed by atoms with E-state index < -0.39 is 26.9 Å². The molecule has 0 atom stereocenters. The minimum Gasteiger partial charge on any atom is -0.423 e. The summed E-state index contributed by atoms with van der Waals surface area (Å²) in [7, 11) is 0.0128. The molecule has 2 aliphatic rings. The fraction of sp³-hybridized carbons (Fsp3) is 0.269. The third kappa shape index (κ3) is 16.1. The number of hydrogen-bond donors (Lipinski definition) is 5. The molecular weight excluding hydrogens is 1210 g/mol. The van der Waals surface area contributed by atoms with Crippen molar-refractivity contribution in [3.05, 3.63) is 267 Å². The lowest BCUT2D eigenvalue weighted by atomic mass is 9.76. The molecule has 0 saturated carbocycles. The van der Waals surface area contributed by atoms with Gasteiger partial charge >= 0.3 is 13.3 Å². The molecule has 10 rings (SSSR count). The highest BCUT2D eigenvalue weighted by atomic mass is 28.3. The van der Waals surface area contributed by atoms with E-state index in [0.717, 1.165) is 95.7 Å². The van der Waals surface area contributed by atoms with Crippen molar-refractivity contribution in [3.8, 4) is 0 Å². The normalized spacial score (nSPS) is 14.0. The van der Waals surface area contributed by atoms with E-state index in [4.69, 9.17) is 0 Å². The van der Waals surface area contributed by atoms with E-state index in [9.17, 15) is 43.2 Å². The molecule has 1 aliphatic heterocycles. The van der Waals surface area contributed by atoms with Crippen LogP contribution in [0.5, 0.6) is 0 Å². The summed E-state index contributed by atoms with van der Waals surface area (Å²) in [6.45, 7) is 21.1. The number of alkyl halides is 3. The van der Waals surface area contributed by atoms with Gasteiger partial charge in [0.1, 0.15) is 15.1 Å². The van der Waals surface area contributed by atoms with Crippen LogP contribution in [0, 0.1) is 6.92 Å². The Bertz CT molecular complexity index is 4350. The summed E-state index contributed by atoms with van der Waals surface area (Å²) in [5.74, 6) is -0.322. The maximum absolute atomic E-state index is 14.6. The van der Waals surface area contributed by atoms with Gasteiger partial charge in [0.25, 0.3) is 0 Å². The summed E-state index contributed by atoms with van der Waals surface area (Å²) in [6, 6.07) is 51.1. The number of carbonyl (C=O) groups excluding carboxylic acids is 2. The number of carbonyl (C=O) groups is 2. The zero-order valence-electron chi connectivity index (χ0n) is 55.4. The number of fused-ring (bicyclic) bond motifs is 4. The number of Topliss-reactive ketones (excluding diaryl/α,β-unsaturated/α-hetero) is 1. The van der Waals surface area contributed by atoms with Crippen molar-refractivity contribution >= 4 is 81.7 Å². The Balaban J connectivity index is 1.21. The summed E-state index contributed by atoms with van der Waals surface area (Å²) in [6.07, 6.45) is 4.16. The van der Waals surface area contributed by atoms with Crippen LogP contribution in [-0.4, -0.2) is 101 Å². The van der Waals surface area contributed by atoms with Crippen LogP contribution in [0.15, 0.2) is 211 Å². The number of amides is 1. The lowest BCUT2D eigenvalue weighted by Gasteiger charge is -2.38. The first-order valence-corrected chi connectivity index (χ1v) is 35.4. The average Bonchev–Trinajstić information content (AvgIpc) is 0.714. The molecule has 1 amide bonds. The van der Waals surface area contributed by atoms with E-state index in [-0.39, 0.29) is 54.3 Å². The monoisotopic (exact) mass is 1300 g/mol. The summed E-state index contributed by atoms with van der Waals surface area (Å²) in [5.41, 5.74) is 12.6. The van der Waals surface area contributed by atoms with E-state index in [2.05, 4.69) is 175 Å². The Kier molecular flexibility index (Phi) is 21.7. The summed E-state index contributed by atoms with van der Waals surface area (Å²) >= 11 is 0. The van der Waals surface area contributed by atoms with Gasteiger partial charge in [0.2, 0.25) is 5.91 Å². The number of anilines is 2. The quantitative estimate of drug-likeness (QED) is 0.00843. The molecule has 0 radical (unpaired) electrons. The Hall–Kier alpha value is -8.78. The van der Waals surface area contributed by atoms with Gasteiger partial charge in [-0.1, -0.05) is 153 Å². The van der Waals surface area contributed by atoms with Gasteiger partial charge in [0, 0.05) is 88.3 Å². The molecule has 0 aromatic heterocycles. The van der Waals surface area contributed by atoms with E-state index in [1.165, 1.54) is 21.5 Å². The highest BCUT2D eigenvalue weighted by Gasteiger charge is 2.41. The minimum absolute atomic E-state index is 0.00119. The lowest BCUT2D eigenvalue weighted by Crippen LogP contribution is -2.49. The van der Waals surface area contributed by atoms with Gasteiger partial charge in [0.15, 0.2) is 18.0 Å². The van der Waals surface area contributed by atoms with Crippen LogP contribution in [-0.2, 0) is 55.0 Å². The van der Waals surface area contributed by atoms with Crippen LogP contribution in [0.2, 0.25) is 13.1 Å². The zero-order chi connectivity index (χ0) is 67.9. The predicted molar refractivity (Wildman–Crippen MR) is 381 cm³/mol. The van der Waals surface area contributed by atoms with E-state index in [0.29, 0.717) is 75.0 Å². The van der Waals surface area contributed by atoms with Crippen LogP contribution < -0.4 is 26.1 Å². The van der Waals surface area contributed by atoms with Gasteiger partial charge in [-0.05, 0) is 182 Å². The average molecular weight is 1300 g/mol. The molecule has 0 spiro atoms. The highest BCUT2D eigenvalue weighted by Crippen LogP contribution is 2.45. The van der Waals surface area contributed by atoms with Gasteiger partial charge in [-0.2, -0.15) is 13.2 Å². The van der Waals surface area contributed by atoms with Gasteiger partial charge < -0.3 is 20.3 Å². The fourth-order valence-electron chi connectivity index (χ4n) is 13.4. The molecule has 8 aromatic rings. The number of nitrogens with zero attached hydrogens (tertiary/aromatic N) is 5. The molecule has 0 bridgehead atoms. The molecule has 0 saturated heterocycles. The number of hydrogen-bond acceptors (Lipinski definition) is 10. The summed E-state index contributed by atoms with van der Waals surface area (Å²) in [4.78, 5) is 32.4. The molecule has 1 aliphatic carbocycles. The summed E-state index contributed by atoms with van der Waals surface area (Å²) in [5, 5.41) is 51.7. The largest absolute Gasteiger partial charge is 0.488 e. The first kappa shape index (κ1) is 69.1. The Morgan fingerprint density at radius 3 is 1.94 bits per heavy atom. The van der Waals surface area contributed by atoms with Crippen molar-refractivity contribution in [2.75, 3.05) is 43.9 Å². The van der Waals surface area contributed by atoms with Crippen molar-refractivity contribution in [2.24, 2.45) is 0 Å². The van der Waals surface area contributed by atoms with Crippen LogP contribution in [0.25, 0.3) is 27.1 Å². The summed E-state index contributed by atoms with van der Waals surface area (Å²) < 4.78 is 46.0. The molecule has 1 heterocycles. The maximum atomic E-state index is 14.6. The number of benzene rings is 8. The van der Waals surface area contributed by atoms with Gasteiger partial charge in [-0.25, -0.2) is 4.58 Å². The molecule has 0 fully saturated rings. The smallest absolute Gasteiger partial charge is 0.423 e. The molecule has 95 heavy (non-hydrogen) atoms. The van der Waals surface area contributed by atoms with Gasteiger partial charge in [0.05, 0.1) is 11.3 Å². The molecule has 8 aromatic carbocycles. The second kappa shape index (κ2) is 29.9. The number of allylic oxidation sites excluding steroid dienone is 6. The predicted octanol–water partition coefficient (Wildman–Crippen LogP) is 13.7. The first-order chi connectivity index (χ1) is 45.4. The van der Waals surface area contributed by atoms with E-state index in [1.807, 2.05) is 48.2 Å². The second-order valence-electron chi connectivity index (χ2n) is 26.1. The number of ketones is 1. The minimum atomic E-state index is -4.73. The Labute approximate surface area is 557 Å². The van der Waals surface area contributed by atoms with Crippen molar-refractivity contribution in [2.45, 2.75) is 105 Å². The number of nitrogens with one attached hydrogen (secondary N) is 1. The third-order valence-corrected chi connectivity index (χ3v) is 22.0. The van der Waals surface area contributed by atoms with Crippen molar-refractivity contribution in [3.63, 3.8) is 0 Å². The first-order valence-electron chi connectivity index (χ1n) is 32.4. The Morgan fingerprint density at radius 2 is 1.29 bits per heavy atom. The second-order valence-corrected chi connectivity index (χ2v) is 30.4. The van der Waals surface area contributed by atoms with Crippen molar-refractivity contribution in [1.29, 1.82) is 0 Å². The number of unbranched alkanes of at least 4 members (excludes halogenated alkanes) is 1. The van der Waals surface area contributed by atoms with E-state index >= 15 is 0 Å². The van der Waals surface area contributed by atoms with Crippen molar-refractivity contribution in [1.82, 2.24) is 15.1 Å². The van der Waals surface area contributed by atoms with Crippen LogP contribution >= 0.6 is 0 Å². The molecule has 490 valence electrons. The van der Waals surface area contributed by atoms with Crippen LogP contribution in [0.4, 0.5) is 24.5 Å². The number of halogens is 3. The highest BCUT2D eigenvalue weighted by molar-refractivity contribution is 6.98. The maximum Gasteiger partial charge on any atom is 0.488 e. The van der Waals surface area contributed by atoms with Crippen LogP contribution in [0.3, 0.4) is 0 Å². The topological polar surface area (TPSA) is 143 Å². The van der Waals surface area contributed by atoms with Gasteiger partial charge in [-0.3, -0.25) is 29.8 Å². The molecule has 12 nitrogen and oxygen atoms in total. The molecule has 0 unspecified atom stereocenters. The number of rotatable bonds is 27. The molecule has 5 N–H and O–H groups in total. The lowest BCUT2D eigenvalue weighted by molar-refractivity contribution is -0.512. The third-order valence-electron chi connectivity index (χ3n) is 18.5. The van der Waals surface area contributed by atoms with Gasteiger partial charge in [-0.15, -0.1) is 5.23 Å². The van der Waals surface area contributed by atoms with Crippen LogP contribution in [0.1, 0.15) is 95.2 Å². The molecule has 17 heteroatoms. The SMILES string of the molecule is C=C(C)C(=O)CCCCN(Cc1cc(C)ccc1B(O)O)Cc1c2ccccc2c(CN(CCCNC(=O)C(=C)C)Cc2cc(C(F)(F)F)ccc2N(O)O)c2ccc(C3=C4C=CC(=[N+](C)Cc5ccccc5)C=C4[Si](C)(C)c4cc(N(C)Cc5ccccc5)ccc43)cc12. The zero-order valence-corrected chi connectivity index (χ0v) is 56.4. The number of aryl methyl sites for hydroxylation is 1.